The fourth-order valence-corrected chi connectivity index (χ4v) is 5.81. The standard InChI is InChI=1S/C28H29NO/c1-2-8-20(9-3-1)18-29-14-15-30-21(19-29)16-26-22-10-4-6-12-24(22)27-17-28(27)25-13-7-5-11-23(25)26/h1-13,21,26-28H,14-19H2. The molecule has 0 radical (unpaired) electrons. The summed E-state index contributed by atoms with van der Waals surface area (Å²) < 4.78 is 6.32. The van der Waals surface area contributed by atoms with Crippen LogP contribution in [-0.2, 0) is 11.3 Å². The Bertz CT molecular complexity index is 978. The van der Waals surface area contributed by atoms with Gasteiger partial charge in [-0.3, -0.25) is 4.90 Å². The van der Waals surface area contributed by atoms with Crippen LogP contribution in [0, 0.1) is 0 Å². The van der Waals surface area contributed by atoms with Crippen LogP contribution in [0.25, 0.3) is 0 Å². The average Bonchev–Trinajstić information content (AvgIpc) is 3.60. The second-order valence-corrected chi connectivity index (χ2v) is 9.21. The third-order valence-corrected chi connectivity index (χ3v) is 7.30. The van der Waals surface area contributed by atoms with Crippen LogP contribution in [0.5, 0.6) is 0 Å². The molecule has 0 bridgehead atoms. The summed E-state index contributed by atoms with van der Waals surface area (Å²) in [4.78, 5) is 2.56. The smallest absolute Gasteiger partial charge is 0.0711 e. The van der Waals surface area contributed by atoms with Crippen molar-refractivity contribution in [3.63, 3.8) is 0 Å². The van der Waals surface area contributed by atoms with Crippen LogP contribution in [0.4, 0.5) is 0 Å². The lowest BCUT2D eigenvalue weighted by molar-refractivity contribution is -0.0365. The van der Waals surface area contributed by atoms with Crippen molar-refractivity contribution in [3.05, 3.63) is 107 Å². The van der Waals surface area contributed by atoms with E-state index in [0.29, 0.717) is 17.8 Å². The summed E-state index contributed by atoms with van der Waals surface area (Å²) in [5, 5.41) is 0. The number of ether oxygens (including phenoxy) is 1. The monoisotopic (exact) mass is 395 g/mol. The summed E-state index contributed by atoms with van der Waals surface area (Å²) in [7, 11) is 0. The molecular weight excluding hydrogens is 366 g/mol. The van der Waals surface area contributed by atoms with Crippen LogP contribution in [0.15, 0.2) is 78.9 Å². The third kappa shape index (κ3) is 3.38. The molecule has 0 amide bonds. The Kier molecular flexibility index (Phi) is 4.70. The molecule has 2 aliphatic carbocycles. The van der Waals surface area contributed by atoms with Crippen molar-refractivity contribution >= 4 is 0 Å². The van der Waals surface area contributed by atoms with E-state index >= 15 is 0 Å². The van der Waals surface area contributed by atoms with Crippen LogP contribution in [0.3, 0.4) is 0 Å². The topological polar surface area (TPSA) is 12.5 Å². The molecule has 1 heterocycles. The molecule has 3 aliphatic rings. The Balaban J connectivity index is 1.27. The molecular formula is C28H29NO. The maximum Gasteiger partial charge on any atom is 0.0711 e. The van der Waals surface area contributed by atoms with E-state index in [-0.39, 0.29) is 6.10 Å². The number of fused-ring (bicyclic) bond motifs is 5. The zero-order chi connectivity index (χ0) is 19.9. The molecule has 3 unspecified atom stereocenters. The summed E-state index contributed by atoms with van der Waals surface area (Å²) in [6.07, 6.45) is 2.66. The molecule has 3 atom stereocenters. The molecule has 152 valence electrons. The predicted molar refractivity (Wildman–Crippen MR) is 121 cm³/mol. The molecule has 30 heavy (non-hydrogen) atoms. The number of hydrogen-bond acceptors (Lipinski definition) is 2. The van der Waals surface area contributed by atoms with Gasteiger partial charge in [-0.25, -0.2) is 0 Å². The van der Waals surface area contributed by atoms with E-state index in [4.69, 9.17) is 4.74 Å². The van der Waals surface area contributed by atoms with Gasteiger partial charge >= 0.3 is 0 Å². The molecule has 3 aromatic carbocycles. The number of hydrogen-bond donors (Lipinski definition) is 0. The first-order chi connectivity index (χ1) is 14.9. The van der Waals surface area contributed by atoms with Gasteiger partial charge in [0.1, 0.15) is 0 Å². The van der Waals surface area contributed by atoms with Crippen molar-refractivity contribution in [2.75, 3.05) is 19.7 Å². The first-order valence-electron chi connectivity index (χ1n) is 11.4. The van der Waals surface area contributed by atoms with Crippen LogP contribution < -0.4 is 0 Å². The highest BCUT2D eigenvalue weighted by Crippen LogP contribution is 2.60. The Hall–Kier alpha value is -2.42. The van der Waals surface area contributed by atoms with Gasteiger partial charge in [-0.2, -0.15) is 0 Å². The van der Waals surface area contributed by atoms with E-state index in [9.17, 15) is 0 Å². The molecule has 1 saturated heterocycles. The van der Waals surface area contributed by atoms with E-state index in [2.05, 4.69) is 83.8 Å². The maximum atomic E-state index is 6.32. The molecule has 2 nitrogen and oxygen atoms in total. The highest BCUT2D eigenvalue weighted by Gasteiger charge is 2.45. The minimum atomic E-state index is 0.281. The second kappa shape index (κ2) is 7.68. The normalized spacial score (nSPS) is 27.5. The van der Waals surface area contributed by atoms with Crippen molar-refractivity contribution in [3.8, 4) is 0 Å². The largest absolute Gasteiger partial charge is 0.376 e. The lowest BCUT2D eigenvalue weighted by Crippen LogP contribution is -2.42. The highest BCUT2D eigenvalue weighted by atomic mass is 16.5. The van der Waals surface area contributed by atoms with E-state index < -0.39 is 0 Å². The van der Waals surface area contributed by atoms with Gasteiger partial charge in [0.25, 0.3) is 0 Å². The number of morpholine rings is 1. The summed E-state index contributed by atoms with van der Waals surface area (Å²) in [6.45, 7) is 3.89. The molecule has 0 spiro atoms. The summed E-state index contributed by atoms with van der Waals surface area (Å²) in [5.41, 5.74) is 7.64. The zero-order valence-corrected chi connectivity index (χ0v) is 17.4. The van der Waals surface area contributed by atoms with Crippen LogP contribution in [-0.4, -0.2) is 30.7 Å². The highest BCUT2D eigenvalue weighted by molar-refractivity contribution is 5.53. The van der Waals surface area contributed by atoms with Crippen LogP contribution >= 0.6 is 0 Å². The van der Waals surface area contributed by atoms with E-state index in [1.165, 1.54) is 12.0 Å². The lowest BCUT2D eigenvalue weighted by atomic mass is 9.82. The molecule has 2 heteroatoms. The van der Waals surface area contributed by atoms with E-state index in [1.54, 1.807) is 22.3 Å². The summed E-state index contributed by atoms with van der Waals surface area (Å²) in [5.74, 6) is 1.87. The van der Waals surface area contributed by atoms with Gasteiger partial charge in [0.05, 0.1) is 12.7 Å². The van der Waals surface area contributed by atoms with Gasteiger partial charge in [-0.15, -0.1) is 0 Å². The lowest BCUT2D eigenvalue weighted by Gasteiger charge is -2.35. The predicted octanol–water partition coefficient (Wildman–Crippen LogP) is 5.69. The van der Waals surface area contributed by atoms with E-state index in [0.717, 1.165) is 32.7 Å². The van der Waals surface area contributed by atoms with Gasteiger partial charge in [0.15, 0.2) is 0 Å². The minimum absolute atomic E-state index is 0.281. The Labute approximate surface area is 179 Å². The van der Waals surface area contributed by atoms with Crippen LogP contribution in [0.2, 0.25) is 0 Å². The molecule has 0 N–H and O–H groups in total. The molecule has 1 saturated carbocycles. The fraction of sp³-hybridized carbons (Fsp3) is 0.357. The van der Waals surface area contributed by atoms with Crippen molar-refractivity contribution < 1.29 is 4.74 Å². The van der Waals surface area contributed by atoms with E-state index in [1.807, 2.05) is 0 Å². The van der Waals surface area contributed by atoms with Crippen molar-refractivity contribution in [1.82, 2.24) is 4.90 Å². The van der Waals surface area contributed by atoms with Gasteiger partial charge in [-0.05, 0) is 52.5 Å². The minimum Gasteiger partial charge on any atom is -0.376 e. The molecule has 6 rings (SSSR count). The van der Waals surface area contributed by atoms with Gasteiger partial charge in [0.2, 0.25) is 0 Å². The van der Waals surface area contributed by atoms with Gasteiger partial charge in [-0.1, -0.05) is 78.9 Å². The Morgan fingerprint density at radius 3 is 2.00 bits per heavy atom. The third-order valence-electron chi connectivity index (χ3n) is 7.30. The number of rotatable bonds is 4. The maximum absolute atomic E-state index is 6.32. The molecule has 1 aliphatic heterocycles. The zero-order valence-electron chi connectivity index (χ0n) is 17.4. The Morgan fingerprint density at radius 2 is 1.33 bits per heavy atom. The summed E-state index contributed by atoms with van der Waals surface area (Å²) in [6, 6.07) is 29.2. The van der Waals surface area contributed by atoms with Gasteiger partial charge < -0.3 is 4.74 Å². The average molecular weight is 396 g/mol. The number of nitrogens with zero attached hydrogens (tertiary/aromatic N) is 1. The molecule has 3 aromatic rings. The quantitative estimate of drug-likeness (QED) is 0.562. The van der Waals surface area contributed by atoms with Crippen LogP contribution in [0.1, 0.15) is 58.4 Å². The van der Waals surface area contributed by atoms with Crippen molar-refractivity contribution in [2.45, 2.75) is 43.2 Å². The number of benzene rings is 3. The fourth-order valence-electron chi connectivity index (χ4n) is 5.81. The van der Waals surface area contributed by atoms with Gasteiger partial charge in [0, 0.05) is 25.6 Å². The molecule has 2 fully saturated rings. The first-order valence-corrected chi connectivity index (χ1v) is 11.4. The SMILES string of the molecule is c1ccc(CN2CCOC(CC3c4ccccc4C4CC4c4ccccc43)C2)cc1. The molecule has 0 aromatic heterocycles. The first kappa shape index (κ1) is 18.4. The van der Waals surface area contributed by atoms with Crippen molar-refractivity contribution in [1.29, 1.82) is 0 Å². The second-order valence-electron chi connectivity index (χ2n) is 9.21. The van der Waals surface area contributed by atoms with Crippen molar-refractivity contribution in [2.24, 2.45) is 0 Å². The Morgan fingerprint density at radius 1 is 0.733 bits per heavy atom. The summed E-state index contributed by atoms with van der Waals surface area (Å²) >= 11 is 0.